The van der Waals surface area contributed by atoms with Crippen molar-refractivity contribution < 1.29 is 22.7 Å². The van der Waals surface area contributed by atoms with Gasteiger partial charge in [-0.05, 0) is 54.3 Å². The molecule has 0 aromatic heterocycles. The van der Waals surface area contributed by atoms with Crippen LogP contribution in [0.1, 0.15) is 30.0 Å². The minimum atomic E-state index is -3.88. The van der Waals surface area contributed by atoms with E-state index >= 15 is 0 Å². The second-order valence-corrected chi connectivity index (χ2v) is 11.8. The van der Waals surface area contributed by atoms with Gasteiger partial charge in [0.25, 0.3) is 0 Å². The van der Waals surface area contributed by atoms with Gasteiger partial charge in [0.2, 0.25) is 21.8 Å². The van der Waals surface area contributed by atoms with Gasteiger partial charge in [-0.3, -0.25) is 13.9 Å². The zero-order chi connectivity index (χ0) is 29.3. The number of nitrogens with one attached hydrogen (secondary N) is 1. The van der Waals surface area contributed by atoms with Gasteiger partial charge in [0.05, 0.1) is 19.1 Å². The molecule has 0 spiro atoms. The van der Waals surface area contributed by atoms with Crippen molar-refractivity contribution in [1.29, 1.82) is 0 Å². The number of amides is 2. The molecule has 10 heteroatoms. The molecule has 1 atom stereocenters. The molecule has 0 bridgehead atoms. The number of carbonyl (C=O) groups is 2. The van der Waals surface area contributed by atoms with Crippen molar-refractivity contribution in [2.24, 2.45) is 0 Å². The number of anilines is 1. The van der Waals surface area contributed by atoms with E-state index in [1.807, 2.05) is 43.3 Å². The van der Waals surface area contributed by atoms with E-state index < -0.39 is 28.5 Å². The summed E-state index contributed by atoms with van der Waals surface area (Å²) in [4.78, 5) is 29.1. The summed E-state index contributed by atoms with van der Waals surface area (Å²) in [6, 6.07) is 20.6. The maximum absolute atomic E-state index is 14.1. The average molecular weight is 586 g/mol. The first kappa shape index (κ1) is 31.0. The van der Waals surface area contributed by atoms with Crippen LogP contribution in [0, 0.1) is 6.92 Å². The second kappa shape index (κ2) is 14.2. The molecule has 0 aliphatic rings. The lowest BCUT2D eigenvalue weighted by molar-refractivity contribution is -0.140. The van der Waals surface area contributed by atoms with Gasteiger partial charge in [-0.2, -0.15) is 0 Å². The van der Waals surface area contributed by atoms with Crippen molar-refractivity contribution in [1.82, 2.24) is 10.2 Å². The Bertz CT molecular complexity index is 1420. The number of hydrogen-bond donors (Lipinski definition) is 1. The van der Waals surface area contributed by atoms with Crippen LogP contribution >= 0.6 is 11.6 Å². The molecule has 0 saturated carbocycles. The molecule has 0 saturated heterocycles. The summed E-state index contributed by atoms with van der Waals surface area (Å²) in [6.45, 7) is 3.66. The molecule has 0 aliphatic carbocycles. The third-order valence-corrected chi connectivity index (χ3v) is 8.03. The fraction of sp³-hybridized carbons (Fsp3) is 0.333. The molecule has 0 fully saturated rings. The largest absolute Gasteiger partial charge is 0.497 e. The predicted octanol–water partition coefficient (Wildman–Crippen LogP) is 4.59. The first-order chi connectivity index (χ1) is 19.0. The van der Waals surface area contributed by atoms with Crippen LogP contribution in [0.5, 0.6) is 5.75 Å². The third kappa shape index (κ3) is 8.22. The van der Waals surface area contributed by atoms with E-state index in [1.54, 1.807) is 50.4 Å². The quantitative estimate of drug-likeness (QED) is 0.317. The number of hydrogen-bond acceptors (Lipinski definition) is 5. The molecule has 3 rings (SSSR count). The van der Waals surface area contributed by atoms with Crippen LogP contribution in [0.2, 0.25) is 5.02 Å². The van der Waals surface area contributed by atoms with E-state index in [9.17, 15) is 18.0 Å². The fourth-order valence-corrected chi connectivity index (χ4v) is 5.42. The maximum atomic E-state index is 14.1. The third-order valence-electron chi connectivity index (χ3n) is 6.49. The Morgan fingerprint density at radius 3 is 2.33 bits per heavy atom. The Morgan fingerprint density at radius 1 is 1.00 bits per heavy atom. The number of nitrogens with zero attached hydrogens (tertiary/aromatic N) is 2. The molecule has 3 aromatic rings. The van der Waals surface area contributed by atoms with Crippen LogP contribution in [-0.2, 0) is 32.6 Å². The summed E-state index contributed by atoms with van der Waals surface area (Å²) in [7, 11) is -2.33. The fourth-order valence-electron chi connectivity index (χ4n) is 4.35. The highest BCUT2D eigenvalue weighted by Gasteiger charge is 2.33. The highest BCUT2D eigenvalue weighted by Crippen LogP contribution is 2.29. The van der Waals surface area contributed by atoms with Gasteiger partial charge in [-0.1, -0.05) is 67.1 Å². The van der Waals surface area contributed by atoms with Crippen molar-refractivity contribution in [2.75, 3.05) is 30.8 Å². The average Bonchev–Trinajstić information content (AvgIpc) is 2.94. The summed E-state index contributed by atoms with van der Waals surface area (Å²) in [5, 5.41) is 3.30. The van der Waals surface area contributed by atoms with Crippen molar-refractivity contribution in [3.8, 4) is 5.75 Å². The molecule has 1 unspecified atom stereocenters. The smallest absolute Gasteiger partial charge is 0.244 e. The number of ether oxygens (including phenoxy) is 1. The van der Waals surface area contributed by atoms with Crippen LogP contribution in [0.15, 0.2) is 72.8 Å². The van der Waals surface area contributed by atoms with E-state index in [0.29, 0.717) is 28.6 Å². The normalized spacial score (nSPS) is 11.9. The van der Waals surface area contributed by atoms with Crippen molar-refractivity contribution in [3.05, 3.63) is 94.5 Å². The Balaban J connectivity index is 2.08. The number of benzene rings is 3. The van der Waals surface area contributed by atoms with E-state index in [4.69, 9.17) is 16.3 Å². The number of rotatable bonds is 13. The molecule has 2 amide bonds. The van der Waals surface area contributed by atoms with Crippen molar-refractivity contribution in [2.45, 2.75) is 39.3 Å². The van der Waals surface area contributed by atoms with Gasteiger partial charge in [0.15, 0.2) is 0 Å². The molecular formula is C30H36ClN3O5S. The lowest BCUT2D eigenvalue weighted by Gasteiger charge is -2.34. The van der Waals surface area contributed by atoms with E-state index in [-0.39, 0.29) is 18.9 Å². The summed E-state index contributed by atoms with van der Waals surface area (Å²) in [5.74, 6) is -0.237. The monoisotopic (exact) mass is 585 g/mol. The van der Waals surface area contributed by atoms with Crippen LogP contribution in [-0.4, -0.2) is 57.6 Å². The topological polar surface area (TPSA) is 96.0 Å². The van der Waals surface area contributed by atoms with Crippen LogP contribution in [0.4, 0.5) is 5.69 Å². The molecule has 0 heterocycles. The second-order valence-electron chi connectivity index (χ2n) is 9.52. The summed E-state index contributed by atoms with van der Waals surface area (Å²) < 4.78 is 32.3. The standard InChI is InChI=1S/C30H36ClN3O5S/c1-5-17-32-30(36)28(19-23-11-7-6-8-12-23)33(20-24-13-9-14-25(18-24)39-3)29(35)21-34(40(4,37)38)27-16-10-15-26(31)22(27)2/h6-16,18,28H,5,17,19-21H2,1-4H3,(H,32,36). The van der Waals surface area contributed by atoms with E-state index in [0.717, 1.165) is 28.1 Å². The molecule has 214 valence electrons. The maximum Gasteiger partial charge on any atom is 0.244 e. The van der Waals surface area contributed by atoms with Crippen molar-refractivity contribution >= 4 is 39.1 Å². The summed E-state index contributed by atoms with van der Waals surface area (Å²) in [5.41, 5.74) is 2.44. The Labute approximate surface area is 241 Å². The lowest BCUT2D eigenvalue weighted by atomic mass is 10.0. The molecule has 1 N–H and O–H groups in total. The SMILES string of the molecule is CCCNC(=O)C(Cc1ccccc1)N(Cc1cccc(OC)c1)C(=O)CN(c1cccc(Cl)c1C)S(C)(=O)=O. The molecule has 3 aromatic carbocycles. The van der Waals surface area contributed by atoms with Gasteiger partial charge in [-0.15, -0.1) is 0 Å². The van der Waals surface area contributed by atoms with Crippen molar-refractivity contribution in [3.63, 3.8) is 0 Å². The molecular weight excluding hydrogens is 550 g/mol. The van der Waals surface area contributed by atoms with Gasteiger partial charge in [0, 0.05) is 24.5 Å². The highest BCUT2D eigenvalue weighted by atomic mass is 35.5. The Kier molecular flexibility index (Phi) is 11.0. The first-order valence-corrected chi connectivity index (χ1v) is 15.2. The zero-order valence-corrected chi connectivity index (χ0v) is 24.8. The van der Waals surface area contributed by atoms with Gasteiger partial charge < -0.3 is 15.0 Å². The predicted molar refractivity (Wildman–Crippen MR) is 159 cm³/mol. The van der Waals surface area contributed by atoms with Gasteiger partial charge in [-0.25, -0.2) is 8.42 Å². The van der Waals surface area contributed by atoms with Gasteiger partial charge >= 0.3 is 0 Å². The number of sulfonamides is 1. The number of halogens is 1. The summed E-state index contributed by atoms with van der Waals surface area (Å²) >= 11 is 6.29. The van der Waals surface area contributed by atoms with Crippen LogP contribution in [0.3, 0.4) is 0 Å². The Morgan fingerprint density at radius 2 is 1.68 bits per heavy atom. The van der Waals surface area contributed by atoms with E-state index in [1.165, 1.54) is 4.90 Å². The molecule has 0 aliphatic heterocycles. The van der Waals surface area contributed by atoms with Crippen LogP contribution < -0.4 is 14.4 Å². The molecule has 8 nitrogen and oxygen atoms in total. The van der Waals surface area contributed by atoms with E-state index in [2.05, 4.69) is 5.32 Å². The lowest BCUT2D eigenvalue weighted by Crippen LogP contribution is -2.53. The minimum absolute atomic E-state index is 0.0687. The summed E-state index contributed by atoms with van der Waals surface area (Å²) in [6.07, 6.45) is 2.02. The number of methoxy groups -OCH3 is 1. The molecule has 40 heavy (non-hydrogen) atoms. The Hall–Kier alpha value is -3.56. The molecule has 0 radical (unpaired) electrons. The van der Waals surface area contributed by atoms with Crippen LogP contribution in [0.25, 0.3) is 0 Å². The van der Waals surface area contributed by atoms with Gasteiger partial charge in [0.1, 0.15) is 18.3 Å². The highest BCUT2D eigenvalue weighted by molar-refractivity contribution is 7.92. The first-order valence-electron chi connectivity index (χ1n) is 13.0. The number of carbonyl (C=O) groups excluding carboxylic acids is 2. The zero-order valence-electron chi connectivity index (χ0n) is 23.3. The minimum Gasteiger partial charge on any atom is -0.497 e.